The molecule has 0 bridgehead atoms. The van der Waals surface area contributed by atoms with E-state index in [0.717, 1.165) is 67.3 Å². The van der Waals surface area contributed by atoms with E-state index >= 15 is 0 Å². The Hall–Kier alpha value is -7.15. The number of hydrogen-bond donors (Lipinski definition) is 0. The van der Waals surface area contributed by atoms with Crippen LogP contribution in [0.2, 0.25) is 0 Å². The van der Waals surface area contributed by atoms with Crippen LogP contribution in [0.1, 0.15) is 39.1 Å². The third-order valence-corrected chi connectivity index (χ3v) is 12.5. The molecule has 9 heteroatoms. The molecule has 8 nitrogen and oxygen atoms in total. The molecule has 0 amide bonds. The number of nitrogens with zero attached hydrogens (tertiary/aromatic N) is 8. The summed E-state index contributed by atoms with van der Waals surface area (Å²) in [5.74, 6) is 2.44. The summed E-state index contributed by atoms with van der Waals surface area (Å²) < 4.78 is 4.25. The van der Waals surface area contributed by atoms with Gasteiger partial charge in [0.2, 0.25) is 0 Å². The van der Waals surface area contributed by atoms with Gasteiger partial charge < -0.3 is 19.9 Å². The molecule has 0 aliphatic heterocycles. The minimum absolute atomic E-state index is 0. The molecule has 0 aliphatic rings. The molecule has 10 rings (SSSR count). The predicted octanol–water partition coefficient (Wildman–Crippen LogP) is 12.0. The van der Waals surface area contributed by atoms with Crippen LogP contribution in [0.25, 0.3) is 79.2 Å². The summed E-state index contributed by atoms with van der Waals surface area (Å²) in [4.78, 5) is 30.1. The smallest absolute Gasteiger partial charge is 0.440 e. The molecule has 0 radical (unpaired) electrons. The average Bonchev–Trinajstić information content (AvgIpc) is 4.17. The molecule has 0 fully saturated rings. The fraction of sp³-hybridized carbons (Fsp3) is 0.111. The first-order valence-corrected chi connectivity index (χ1v) is 20.9. The first kappa shape index (κ1) is 41.2. The van der Waals surface area contributed by atoms with Crippen molar-refractivity contribution in [2.24, 2.45) is 0 Å². The number of imidazole rings is 4. The van der Waals surface area contributed by atoms with Crippen molar-refractivity contribution in [2.75, 3.05) is 0 Å². The molecule has 4 aromatic heterocycles. The SMILES string of the molecule is CC(C)(c1cnc(-c2nccn2-c2c(-c3ccccc3)cccc2-c2ccccc2)[n-]1)C(C)(C)c1cnc(-c2nccn2-c2c(-c3ccccc3)cccc2-c2ccccc2)[n-]1.[Pt+2]. The van der Waals surface area contributed by atoms with Crippen LogP contribution in [0, 0.1) is 0 Å². The molecule has 0 N–H and O–H groups in total. The molecule has 0 saturated heterocycles. The molecule has 10 aromatic rings. The summed E-state index contributed by atoms with van der Waals surface area (Å²) in [6.07, 6.45) is 11.4. The van der Waals surface area contributed by atoms with Crippen LogP contribution in [-0.2, 0) is 31.9 Å². The second-order valence-corrected chi connectivity index (χ2v) is 16.5. The molecular weight excluding hydrogens is 956 g/mol. The predicted molar refractivity (Wildman–Crippen MR) is 248 cm³/mol. The molecule has 310 valence electrons. The van der Waals surface area contributed by atoms with Gasteiger partial charge in [-0.1, -0.05) is 209 Å². The van der Waals surface area contributed by atoms with Gasteiger partial charge in [0, 0.05) is 47.0 Å². The summed E-state index contributed by atoms with van der Waals surface area (Å²) in [5, 5.41) is 0. The van der Waals surface area contributed by atoms with Gasteiger partial charge in [0.05, 0.1) is 11.4 Å². The van der Waals surface area contributed by atoms with Gasteiger partial charge in [-0.2, -0.15) is 0 Å². The zero-order chi connectivity index (χ0) is 42.3. The van der Waals surface area contributed by atoms with Crippen molar-refractivity contribution in [3.05, 3.63) is 206 Å². The topological polar surface area (TPSA) is 89.6 Å². The molecule has 0 saturated carbocycles. The molecule has 4 heterocycles. The summed E-state index contributed by atoms with van der Waals surface area (Å²) in [5.41, 5.74) is 11.5. The molecule has 6 aromatic carbocycles. The standard InChI is InChI=1S/C54H44N8.Pt/c1-53(2,45-35-57-49(59-45)51-55-31-33-61(51)47-41(37-19-9-5-10-20-37)27-17-28-42(47)38-21-11-6-12-22-38)54(3,4)46-36-58-50(60-46)52-56-32-34-62(52)48-43(39-23-13-7-14-24-39)29-18-30-44(48)40-25-15-8-16-26-40;/h5-36H,1-4H3;/q-2;+2. The van der Waals surface area contributed by atoms with Gasteiger partial charge in [0.25, 0.3) is 0 Å². The Kier molecular flexibility index (Phi) is 11.1. The Morgan fingerprint density at radius 3 is 0.984 bits per heavy atom. The quantitative estimate of drug-likeness (QED) is 0.128. The number of hydrogen-bond acceptors (Lipinski definition) is 4. The number of para-hydroxylation sites is 2. The van der Waals surface area contributed by atoms with Gasteiger partial charge in [-0.05, 0) is 44.7 Å². The maximum Gasteiger partial charge on any atom is 2.00 e. The van der Waals surface area contributed by atoms with Crippen LogP contribution in [0.3, 0.4) is 0 Å². The zero-order valence-corrected chi connectivity index (χ0v) is 37.6. The van der Waals surface area contributed by atoms with E-state index in [1.54, 1.807) is 0 Å². The van der Waals surface area contributed by atoms with Gasteiger partial charge in [-0.15, -0.1) is 0 Å². The second kappa shape index (κ2) is 17.0. The fourth-order valence-corrected chi connectivity index (χ4v) is 8.35. The van der Waals surface area contributed by atoms with Crippen molar-refractivity contribution in [1.29, 1.82) is 0 Å². The monoisotopic (exact) mass is 999 g/mol. The largest absolute Gasteiger partial charge is 2.00 e. The second-order valence-electron chi connectivity index (χ2n) is 16.5. The number of rotatable bonds is 11. The summed E-state index contributed by atoms with van der Waals surface area (Å²) in [7, 11) is 0. The van der Waals surface area contributed by atoms with Crippen molar-refractivity contribution in [1.82, 2.24) is 39.0 Å². The summed E-state index contributed by atoms with van der Waals surface area (Å²) in [6.45, 7) is 8.79. The number of aromatic nitrogens is 8. The Labute approximate surface area is 382 Å². The van der Waals surface area contributed by atoms with E-state index in [0.29, 0.717) is 23.3 Å². The van der Waals surface area contributed by atoms with Gasteiger partial charge >= 0.3 is 21.1 Å². The van der Waals surface area contributed by atoms with Crippen molar-refractivity contribution < 1.29 is 21.1 Å². The van der Waals surface area contributed by atoms with E-state index in [9.17, 15) is 0 Å². The Morgan fingerprint density at radius 1 is 0.381 bits per heavy atom. The van der Waals surface area contributed by atoms with E-state index in [1.807, 2.05) is 61.4 Å². The van der Waals surface area contributed by atoms with Gasteiger partial charge in [-0.25, -0.2) is 9.97 Å². The van der Waals surface area contributed by atoms with E-state index in [-0.39, 0.29) is 21.1 Å². The van der Waals surface area contributed by atoms with Gasteiger partial charge in [-0.3, -0.25) is 9.13 Å². The van der Waals surface area contributed by atoms with Crippen molar-refractivity contribution in [3.8, 4) is 79.2 Å². The molecular formula is C54H44N8Pt. The van der Waals surface area contributed by atoms with Crippen molar-refractivity contribution >= 4 is 0 Å². The Bertz CT molecular complexity index is 2790. The maximum atomic E-state index is 5.24. The Balaban J connectivity index is 0.00000504. The van der Waals surface area contributed by atoms with Crippen LogP contribution in [0.15, 0.2) is 195 Å². The van der Waals surface area contributed by atoms with Crippen LogP contribution in [-0.4, -0.2) is 29.1 Å². The summed E-state index contributed by atoms with van der Waals surface area (Å²) >= 11 is 0. The van der Waals surface area contributed by atoms with E-state index in [2.05, 4.69) is 170 Å². The van der Waals surface area contributed by atoms with E-state index in [4.69, 9.17) is 29.9 Å². The van der Waals surface area contributed by atoms with E-state index < -0.39 is 10.8 Å². The maximum absolute atomic E-state index is 5.24. The van der Waals surface area contributed by atoms with Crippen LogP contribution < -0.4 is 9.97 Å². The molecule has 0 unspecified atom stereocenters. The third kappa shape index (κ3) is 7.40. The van der Waals surface area contributed by atoms with Crippen LogP contribution in [0.5, 0.6) is 0 Å². The number of benzene rings is 6. The molecule has 0 aliphatic carbocycles. The zero-order valence-electron chi connectivity index (χ0n) is 35.4. The van der Waals surface area contributed by atoms with Gasteiger partial charge in [0.1, 0.15) is 11.6 Å². The summed E-state index contributed by atoms with van der Waals surface area (Å²) in [6, 6.07) is 54.7. The Morgan fingerprint density at radius 2 is 0.683 bits per heavy atom. The minimum atomic E-state index is -0.525. The third-order valence-electron chi connectivity index (χ3n) is 12.5. The van der Waals surface area contributed by atoms with Crippen molar-refractivity contribution in [3.63, 3.8) is 0 Å². The molecule has 0 atom stereocenters. The minimum Gasteiger partial charge on any atom is -0.440 e. The van der Waals surface area contributed by atoms with Crippen LogP contribution >= 0.6 is 0 Å². The molecule has 0 spiro atoms. The first-order chi connectivity index (χ1) is 30.3. The first-order valence-electron chi connectivity index (χ1n) is 20.9. The normalized spacial score (nSPS) is 11.7. The van der Waals surface area contributed by atoms with Gasteiger partial charge in [0.15, 0.2) is 0 Å². The van der Waals surface area contributed by atoms with Crippen molar-refractivity contribution in [2.45, 2.75) is 38.5 Å². The molecule has 63 heavy (non-hydrogen) atoms. The average molecular weight is 1000 g/mol. The fourth-order valence-electron chi connectivity index (χ4n) is 8.35. The van der Waals surface area contributed by atoms with Crippen LogP contribution in [0.4, 0.5) is 0 Å². The van der Waals surface area contributed by atoms with E-state index in [1.165, 1.54) is 0 Å².